The van der Waals surface area contributed by atoms with E-state index < -0.39 is 23.9 Å². The average molecular weight is 406 g/mol. The van der Waals surface area contributed by atoms with Gasteiger partial charge >= 0.3 is 6.18 Å². The molecule has 1 aliphatic rings. The molecule has 2 aromatic carbocycles. The van der Waals surface area contributed by atoms with Gasteiger partial charge in [0.05, 0.1) is 17.3 Å². The molecule has 8 heteroatoms. The third-order valence-corrected chi connectivity index (χ3v) is 4.73. The highest BCUT2D eigenvalue weighted by Crippen LogP contribution is 2.34. The molecule has 1 heterocycles. The first-order valence-electron chi connectivity index (χ1n) is 9.20. The normalized spacial score (nSPS) is 17.3. The molecule has 0 spiro atoms. The van der Waals surface area contributed by atoms with E-state index in [0.29, 0.717) is 17.0 Å². The third kappa shape index (κ3) is 4.70. The summed E-state index contributed by atoms with van der Waals surface area (Å²) < 4.78 is 44.2. The molecule has 2 atom stereocenters. The van der Waals surface area contributed by atoms with Crippen LogP contribution < -0.4 is 15.0 Å². The first-order valence-corrected chi connectivity index (χ1v) is 9.20. The Hall–Kier alpha value is -3.03. The molecule has 0 aliphatic carbocycles. The highest BCUT2D eigenvalue weighted by atomic mass is 19.4. The van der Waals surface area contributed by atoms with Crippen LogP contribution in [0.2, 0.25) is 0 Å². The maximum atomic E-state index is 12.9. The van der Waals surface area contributed by atoms with Gasteiger partial charge in [-0.15, -0.1) is 0 Å². The first-order chi connectivity index (χ1) is 13.7. The van der Waals surface area contributed by atoms with Crippen LogP contribution in [0.4, 0.5) is 18.9 Å². The van der Waals surface area contributed by atoms with Crippen molar-refractivity contribution in [3.05, 3.63) is 59.7 Å². The van der Waals surface area contributed by atoms with Gasteiger partial charge in [-0.1, -0.05) is 24.3 Å². The molecule has 0 fully saturated rings. The lowest BCUT2D eigenvalue weighted by molar-refractivity contribution is -0.137. The van der Waals surface area contributed by atoms with Crippen LogP contribution in [0.25, 0.3) is 0 Å². The Morgan fingerprint density at radius 2 is 1.93 bits per heavy atom. The van der Waals surface area contributed by atoms with Gasteiger partial charge in [-0.25, -0.2) is 0 Å². The SMILES string of the molecule is CC1Oc2ccccc2N(CCC(=O)NC(C)c2cccc(C(F)(F)F)c2)C1=O. The number of rotatable bonds is 5. The Morgan fingerprint density at radius 3 is 2.66 bits per heavy atom. The summed E-state index contributed by atoms with van der Waals surface area (Å²) in [6, 6.07) is 11.3. The van der Waals surface area contributed by atoms with Crippen LogP contribution >= 0.6 is 0 Å². The number of amides is 2. The Morgan fingerprint density at radius 1 is 1.21 bits per heavy atom. The number of nitrogens with one attached hydrogen (secondary N) is 1. The lowest BCUT2D eigenvalue weighted by Gasteiger charge is -2.32. The molecule has 2 amide bonds. The second-order valence-electron chi connectivity index (χ2n) is 6.88. The maximum absolute atomic E-state index is 12.9. The van der Waals surface area contributed by atoms with Crippen molar-refractivity contribution in [2.45, 2.75) is 38.6 Å². The minimum atomic E-state index is -4.44. The second-order valence-corrected chi connectivity index (χ2v) is 6.88. The van der Waals surface area contributed by atoms with Crippen molar-refractivity contribution in [3.63, 3.8) is 0 Å². The van der Waals surface area contributed by atoms with Gasteiger partial charge in [0.25, 0.3) is 5.91 Å². The van der Waals surface area contributed by atoms with Gasteiger partial charge in [0, 0.05) is 13.0 Å². The summed E-state index contributed by atoms with van der Waals surface area (Å²) in [5, 5.41) is 2.69. The van der Waals surface area contributed by atoms with Gasteiger partial charge in [0.1, 0.15) is 5.75 Å². The maximum Gasteiger partial charge on any atom is 0.416 e. The van der Waals surface area contributed by atoms with E-state index in [0.717, 1.165) is 12.1 Å². The predicted molar refractivity (Wildman–Crippen MR) is 102 cm³/mol. The van der Waals surface area contributed by atoms with E-state index in [2.05, 4.69) is 5.32 Å². The summed E-state index contributed by atoms with van der Waals surface area (Å²) >= 11 is 0. The largest absolute Gasteiger partial charge is 0.479 e. The number of halogens is 3. The smallest absolute Gasteiger partial charge is 0.416 e. The fraction of sp³-hybridized carbons (Fsp3) is 0.333. The van der Waals surface area contributed by atoms with E-state index in [-0.39, 0.29) is 24.8 Å². The fourth-order valence-corrected chi connectivity index (χ4v) is 3.18. The van der Waals surface area contributed by atoms with Gasteiger partial charge in [0.15, 0.2) is 6.10 Å². The van der Waals surface area contributed by atoms with Crippen LogP contribution in [0, 0.1) is 0 Å². The van der Waals surface area contributed by atoms with Crippen molar-refractivity contribution in [3.8, 4) is 5.75 Å². The molecule has 0 radical (unpaired) electrons. The van der Waals surface area contributed by atoms with Gasteiger partial charge in [-0.3, -0.25) is 9.59 Å². The summed E-state index contributed by atoms with van der Waals surface area (Å²) in [5.74, 6) is -0.0425. The standard InChI is InChI=1S/C21H21F3N2O3/c1-13(15-6-5-7-16(12-15)21(22,23)24)25-19(27)10-11-26-17-8-3-4-9-18(17)29-14(2)20(26)28/h3-9,12-14H,10-11H2,1-2H3,(H,25,27). The van der Waals surface area contributed by atoms with E-state index in [9.17, 15) is 22.8 Å². The monoisotopic (exact) mass is 406 g/mol. The molecule has 0 bridgehead atoms. The van der Waals surface area contributed by atoms with Crippen LogP contribution in [0.1, 0.15) is 37.4 Å². The van der Waals surface area contributed by atoms with Gasteiger partial charge in [-0.05, 0) is 43.7 Å². The van der Waals surface area contributed by atoms with Gasteiger partial charge < -0.3 is 15.0 Å². The van der Waals surface area contributed by atoms with Crippen molar-refractivity contribution >= 4 is 17.5 Å². The van der Waals surface area contributed by atoms with E-state index in [1.54, 1.807) is 38.1 Å². The number of hydrogen-bond donors (Lipinski definition) is 1. The number of ether oxygens (including phenoxy) is 1. The van der Waals surface area contributed by atoms with Gasteiger partial charge in [0.2, 0.25) is 5.91 Å². The summed E-state index contributed by atoms with van der Waals surface area (Å²) in [5.41, 5.74) is 0.185. The summed E-state index contributed by atoms with van der Waals surface area (Å²) in [6.07, 6.45) is -5.09. The number of nitrogens with zero attached hydrogens (tertiary/aromatic N) is 1. The number of alkyl halides is 3. The number of para-hydroxylation sites is 2. The summed E-state index contributed by atoms with van der Waals surface area (Å²) in [7, 11) is 0. The number of hydrogen-bond acceptors (Lipinski definition) is 3. The molecular weight excluding hydrogens is 385 g/mol. The number of fused-ring (bicyclic) bond motifs is 1. The molecule has 2 unspecified atom stereocenters. The molecule has 0 saturated heterocycles. The second kappa shape index (κ2) is 8.14. The number of carbonyl (C=O) groups excluding carboxylic acids is 2. The molecule has 29 heavy (non-hydrogen) atoms. The number of carbonyl (C=O) groups is 2. The molecule has 3 rings (SSSR count). The molecule has 2 aromatic rings. The van der Waals surface area contributed by atoms with E-state index in [4.69, 9.17) is 4.74 Å². The van der Waals surface area contributed by atoms with Crippen molar-refractivity contribution in [2.24, 2.45) is 0 Å². The van der Waals surface area contributed by atoms with Crippen LogP contribution in [0.5, 0.6) is 5.75 Å². The molecule has 154 valence electrons. The van der Waals surface area contributed by atoms with E-state index in [1.165, 1.54) is 17.0 Å². The highest BCUT2D eigenvalue weighted by molar-refractivity contribution is 6.00. The van der Waals surface area contributed by atoms with Crippen LogP contribution in [0.3, 0.4) is 0 Å². The van der Waals surface area contributed by atoms with Crippen LogP contribution in [-0.4, -0.2) is 24.5 Å². The van der Waals surface area contributed by atoms with E-state index in [1.807, 2.05) is 0 Å². The minimum absolute atomic E-state index is 0.0100. The Labute approximate surface area is 166 Å². The Bertz CT molecular complexity index is 914. The van der Waals surface area contributed by atoms with Crippen LogP contribution in [-0.2, 0) is 15.8 Å². The predicted octanol–water partition coefficient (Wildman–Crippen LogP) is 4.09. The molecule has 1 aliphatic heterocycles. The lowest BCUT2D eigenvalue weighted by atomic mass is 10.0. The first kappa shape index (κ1) is 20.7. The molecule has 1 N–H and O–H groups in total. The van der Waals surface area contributed by atoms with Crippen molar-refractivity contribution in [1.29, 1.82) is 0 Å². The van der Waals surface area contributed by atoms with E-state index >= 15 is 0 Å². The highest BCUT2D eigenvalue weighted by Gasteiger charge is 2.32. The van der Waals surface area contributed by atoms with Crippen molar-refractivity contribution in [1.82, 2.24) is 5.32 Å². The van der Waals surface area contributed by atoms with Crippen LogP contribution in [0.15, 0.2) is 48.5 Å². The zero-order valence-corrected chi connectivity index (χ0v) is 16.0. The zero-order valence-electron chi connectivity index (χ0n) is 16.0. The van der Waals surface area contributed by atoms with Gasteiger partial charge in [-0.2, -0.15) is 13.2 Å². The summed E-state index contributed by atoms with van der Waals surface area (Å²) in [6.45, 7) is 3.40. The van der Waals surface area contributed by atoms with Crippen molar-refractivity contribution in [2.75, 3.05) is 11.4 Å². The molecule has 0 aromatic heterocycles. The lowest BCUT2D eigenvalue weighted by Crippen LogP contribution is -2.45. The molecule has 5 nitrogen and oxygen atoms in total. The average Bonchev–Trinajstić information content (AvgIpc) is 2.67. The Kier molecular flexibility index (Phi) is 5.81. The Balaban J connectivity index is 1.64. The topological polar surface area (TPSA) is 58.6 Å². The quantitative estimate of drug-likeness (QED) is 0.814. The third-order valence-electron chi connectivity index (χ3n) is 4.73. The molecular formula is C21H21F3N2O3. The number of anilines is 1. The molecule has 0 saturated carbocycles. The summed E-state index contributed by atoms with van der Waals surface area (Å²) in [4.78, 5) is 26.3. The van der Waals surface area contributed by atoms with Crippen molar-refractivity contribution < 1.29 is 27.5 Å². The number of benzene rings is 2. The fourth-order valence-electron chi connectivity index (χ4n) is 3.18. The zero-order chi connectivity index (χ0) is 21.2. The minimum Gasteiger partial charge on any atom is -0.479 e.